The molecule has 1 heterocycles. The summed E-state index contributed by atoms with van der Waals surface area (Å²) in [4.78, 5) is 12.6. The number of nitrogens with two attached hydrogens (primary N) is 1. The maximum atomic E-state index is 12.6. The van der Waals surface area contributed by atoms with Gasteiger partial charge in [0.15, 0.2) is 0 Å². The first-order valence-electron chi connectivity index (χ1n) is 11.1. The highest BCUT2D eigenvalue weighted by atomic mass is 35.5. The average Bonchev–Trinajstić information content (AvgIpc) is 2.96. The van der Waals surface area contributed by atoms with Gasteiger partial charge < -0.3 is 31.2 Å². The number of ether oxygens (including phenoxy) is 2. The largest absolute Gasteiger partial charge is 0.495 e. The van der Waals surface area contributed by atoms with Crippen molar-refractivity contribution in [3.63, 3.8) is 0 Å². The summed E-state index contributed by atoms with van der Waals surface area (Å²) in [7, 11) is 1.58. The number of rotatable bonds is 10. The summed E-state index contributed by atoms with van der Waals surface area (Å²) in [6.45, 7) is 3.67. The van der Waals surface area contributed by atoms with E-state index in [1.165, 1.54) is 0 Å². The molecule has 1 aliphatic rings. The van der Waals surface area contributed by atoms with Crippen LogP contribution in [0.15, 0.2) is 67.4 Å². The summed E-state index contributed by atoms with van der Waals surface area (Å²) in [5, 5.41) is 11.4. The van der Waals surface area contributed by atoms with E-state index in [0.717, 1.165) is 22.5 Å². The van der Waals surface area contributed by atoms with Crippen molar-refractivity contribution >= 4 is 28.9 Å². The standard InChI is InChI=1S/C25H31ClN6O3/c1-18-15-20(4-5-21(18)25(33)30-11-14-35-13-7-27)31-32-12-10-28-8-9-29-17-23(32)19-3-6-24(34-2)22(26)16-19/h3-6,8-10,12,15-17,28-29,31H,7,11,13-14,27H2,1-2H3,(H,30,33). The average molecular weight is 499 g/mol. The number of anilines is 1. The molecule has 1 aliphatic heterocycles. The number of carbonyl (C=O) groups excluding carboxylic acids is 1. The Kier molecular flexibility index (Phi) is 9.85. The van der Waals surface area contributed by atoms with Gasteiger partial charge in [-0.25, -0.2) is 0 Å². The van der Waals surface area contributed by atoms with Crippen molar-refractivity contribution in [2.75, 3.05) is 38.8 Å². The van der Waals surface area contributed by atoms with Gasteiger partial charge in [0.1, 0.15) is 5.75 Å². The summed E-state index contributed by atoms with van der Waals surface area (Å²) in [6, 6.07) is 11.1. The van der Waals surface area contributed by atoms with Crippen LogP contribution in [-0.4, -0.2) is 44.3 Å². The fourth-order valence-corrected chi connectivity index (χ4v) is 3.59. The van der Waals surface area contributed by atoms with E-state index in [4.69, 9.17) is 26.8 Å². The SMILES string of the molecule is COc1ccc(C2=CNC=CNC=CN2Nc2ccc(C(=O)NCCOCCN)c(C)c2)cc1Cl. The van der Waals surface area contributed by atoms with E-state index in [-0.39, 0.29) is 5.91 Å². The van der Waals surface area contributed by atoms with Gasteiger partial charge in [0.05, 0.1) is 36.7 Å². The number of amides is 1. The van der Waals surface area contributed by atoms with Crippen LogP contribution < -0.4 is 31.8 Å². The Morgan fingerprint density at radius 2 is 1.94 bits per heavy atom. The van der Waals surface area contributed by atoms with Gasteiger partial charge in [-0.1, -0.05) is 11.6 Å². The maximum Gasteiger partial charge on any atom is 0.251 e. The first-order chi connectivity index (χ1) is 17.0. The fraction of sp³-hybridized carbons (Fsp3) is 0.240. The number of benzene rings is 2. The van der Waals surface area contributed by atoms with Crippen LogP contribution in [0.1, 0.15) is 21.5 Å². The molecule has 0 aliphatic carbocycles. The summed E-state index contributed by atoms with van der Waals surface area (Å²) in [5.74, 6) is 0.445. The number of halogens is 1. The van der Waals surface area contributed by atoms with E-state index in [2.05, 4.69) is 21.4 Å². The second-order valence-electron chi connectivity index (χ2n) is 7.53. The molecule has 6 N–H and O–H groups in total. The Balaban J connectivity index is 1.78. The smallest absolute Gasteiger partial charge is 0.251 e. The minimum Gasteiger partial charge on any atom is -0.495 e. The molecule has 0 aromatic heterocycles. The van der Waals surface area contributed by atoms with Crippen molar-refractivity contribution in [3.8, 4) is 5.75 Å². The molecule has 2 aromatic rings. The second-order valence-corrected chi connectivity index (χ2v) is 7.94. The number of nitrogens with one attached hydrogen (secondary N) is 4. The molecule has 0 atom stereocenters. The molecule has 186 valence electrons. The first-order valence-corrected chi connectivity index (χ1v) is 11.5. The van der Waals surface area contributed by atoms with Crippen molar-refractivity contribution in [3.05, 3.63) is 89.1 Å². The molecule has 1 amide bonds. The number of carbonyl (C=O) groups is 1. The summed E-state index contributed by atoms with van der Waals surface area (Å²) >= 11 is 6.38. The van der Waals surface area contributed by atoms with E-state index >= 15 is 0 Å². The van der Waals surface area contributed by atoms with Gasteiger partial charge in [-0.2, -0.15) is 0 Å². The summed E-state index contributed by atoms with van der Waals surface area (Å²) in [5.41, 5.74) is 12.7. The molecule has 0 spiro atoms. The zero-order valence-electron chi connectivity index (χ0n) is 19.8. The molecular formula is C25H31ClN6O3. The monoisotopic (exact) mass is 498 g/mol. The van der Waals surface area contributed by atoms with Gasteiger partial charge in [0, 0.05) is 55.2 Å². The van der Waals surface area contributed by atoms with E-state index in [1.54, 1.807) is 31.8 Å². The van der Waals surface area contributed by atoms with Crippen molar-refractivity contribution in [2.24, 2.45) is 5.73 Å². The molecule has 10 heteroatoms. The van der Waals surface area contributed by atoms with Gasteiger partial charge in [-0.05, 0) is 48.9 Å². The normalized spacial score (nSPS) is 13.0. The molecule has 3 rings (SSSR count). The minimum absolute atomic E-state index is 0.152. The van der Waals surface area contributed by atoms with Crippen LogP contribution >= 0.6 is 11.6 Å². The lowest BCUT2D eigenvalue weighted by atomic mass is 10.1. The zero-order valence-corrected chi connectivity index (χ0v) is 20.6. The van der Waals surface area contributed by atoms with Crippen LogP contribution in [0.4, 0.5) is 5.69 Å². The lowest BCUT2D eigenvalue weighted by molar-refractivity contribution is 0.0919. The molecule has 35 heavy (non-hydrogen) atoms. The first kappa shape index (κ1) is 26.0. The van der Waals surface area contributed by atoms with Crippen molar-refractivity contribution < 1.29 is 14.3 Å². The molecule has 9 nitrogen and oxygen atoms in total. The van der Waals surface area contributed by atoms with Gasteiger partial charge >= 0.3 is 0 Å². The predicted molar refractivity (Wildman–Crippen MR) is 139 cm³/mol. The number of aryl methyl sites for hydroxylation is 1. The Morgan fingerprint density at radius 3 is 2.69 bits per heavy atom. The van der Waals surface area contributed by atoms with E-state index in [1.807, 2.05) is 54.7 Å². The molecule has 0 saturated heterocycles. The third-order valence-electron chi connectivity index (χ3n) is 5.04. The van der Waals surface area contributed by atoms with Crippen LogP contribution in [0.5, 0.6) is 5.75 Å². The number of hydrogen-bond acceptors (Lipinski definition) is 8. The third kappa shape index (κ3) is 7.41. The van der Waals surface area contributed by atoms with Crippen LogP contribution in [0.2, 0.25) is 5.02 Å². The quantitative estimate of drug-likeness (QED) is 0.318. The highest BCUT2D eigenvalue weighted by Crippen LogP contribution is 2.30. The van der Waals surface area contributed by atoms with E-state index in [0.29, 0.717) is 42.6 Å². The molecule has 0 unspecified atom stereocenters. The van der Waals surface area contributed by atoms with E-state index < -0.39 is 0 Å². The van der Waals surface area contributed by atoms with Crippen LogP contribution in [0, 0.1) is 6.92 Å². The molecule has 0 bridgehead atoms. The van der Waals surface area contributed by atoms with Crippen LogP contribution in [0.3, 0.4) is 0 Å². The second kappa shape index (κ2) is 13.3. The number of nitrogens with zero attached hydrogens (tertiary/aromatic N) is 1. The van der Waals surface area contributed by atoms with Gasteiger partial charge in [0.2, 0.25) is 0 Å². The topological polar surface area (TPSA) is 113 Å². The Hall–Kier alpha value is -3.66. The molecular weight excluding hydrogens is 468 g/mol. The lowest BCUT2D eigenvalue weighted by Crippen LogP contribution is -2.28. The molecule has 0 fully saturated rings. The Bertz CT molecular complexity index is 1100. The zero-order chi connectivity index (χ0) is 25.0. The van der Waals surface area contributed by atoms with Gasteiger partial charge in [0.25, 0.3) is 5.91 Å². The van der Waals surface area contributed by atoms with Crippen molar-refractivity contribution in [1.82, 2.24) is 21.0 Å². The van der Waals surface area contributed by atoms with E-state index in [9.17, 15) is 4.79 Å². The Labute approximate surface area is 210 Å². The third-order valence-corrected chi connectivity index (χ3v) is 5.33. The Morgan fingerprint density at radius 1 is 1.11 bits per heavy atom. The van der Waals surface area contributed by atoms with Crippen LogP contribution in [-0.2, 0) is 4.74 Å². The minimum atomic E-state index is -0.152. The molecule has 0 saturated carbocycles. The number of hydrogen-bond donors (Lipinski definition) is 5. The molecule has 2 aromatic carbocycles. The summed E-state index contributed by atoms with van der Waals surface area (Å²) in [6.07, 6.45) is 9.03. The summed E-state index contributed by atoms with van der Waals surface area (Å²) < 4.78 is 10.6. The maximum absolute atomic E-state index is 12.6. The van der Waals surface area contributed by atoms with Crippen LogP contribution in [0.25, 0.3) is 5.70 Å². The lowest BCUT2D eigenvalue weighted by Gasteiger charge is -2.26. The number of methoxy groups -OCH3 is 1. The predicted octanol–water partition coefficient (Wildman–Crippen LogP) is 3.12. The highest BCUT2D eigenvalue weighted by Gasteiger charge is 2.15. The highest BCUT2D eigenvalue weighted by molar-refractivity contribution is 6.32. The van der Waals surface area contributed by atoms with Gasteiger partial charge in [-0.3, -0.25) is 15.2 Å². The molecule has 0 radical (unpaired) electrons. The van der Waals surface area contributed by atoms with Crippen molar-refractivity contribution in [1.29, 1.82) is 0 Å². The van der Waals surface area contributed by atoms with Crippen molar-refractivity contribution in [2.45, 2.75) is 6.92 Å². The van der Waals surface area contributed by atoms with Gasteiger partial charge in [-0.15, -0.1) is 0 Å². The fourth-order valence-electron chi connectivity index (χ4n) is 3.34. The number of hydrazine groups is 1.